The van der Waals surface area contributed by atoms with Crippen LogP contribution >= 0.6 is 11.6 Å². The molecule has 1 aromatic heterocycles. The third-order valence-corrected chi connectivity index (χ3v) is 3.02. The molecule has 22 heavy (non-hydrogen) atoms. The number of rotatable bonds is 3. The van der Waals surface area contributed by atoms with Crippen molar-refractivity contribution in [2.24, 2.45) is 0 Å². The van der Waals surface area contributed by atoms with Crippen molar-refractivity contribution in [3.63, 3.8) is 0 Å². The van der Waals surface area contributed by atoms with Crippen molar-refractivity contribution in [2.45, 2.75) is 6.42 Å². The van der Waals surface area contributed by atoms with Crippen LogP contribution < -0.4 is 4.74 Å². The molecule has 0 saturated heterocycles. The van der Waals surface area contributed by atoms with Crippen LogP contribution in [0.15, 0.2) is 30.5 Å². The van der Waals surface area contributed by atoms with Crippen LogP contribution in [0.25, 0.3) is 0 Å². The van der Waals surface area contributed by atoms with E-state index in [0.717, 1.165) is 5.56 Å². The van der Waals surface area contributed by atoms with Crippen LogP contribution in [-0.4, -0.2) is 30.2 Å². The molecule has 0 bridgehead atoms. The van der Waals surface area contributed by atoms with Crippen LogP contribution in [0.3, 0.4) is 0 Å². The zero-order valence-electron chi connectivity index (χ0n) is 12.1. The minimum atomic E-state index is -0.322. The average Bonchev–Trinajstić information content (AvgIpc) is 2.54. The maximum Gasteiger partial charge on any atom is 0.310 e. The molecule has 0 radical (unpaired) electrons. The summed E-state index contributed by atoms with van der Waals surface area (Å²) in [5.74, 6) is 5.97. The van der Waals surface area contributed by atoms with Crippen LogP contribution in [0.1, 0.15) is 16.8 Å². The first kappa shape index (κ1) is 15.8. The van der Waals surface area contributed by atoms with Crippen molar-refractivity contribution in [2.75, 3.05) is 14.2 Å². The molecule has 0 amide bonds. The maximum absolute atomic E-state index is 11.4. The molecule has 0 atom stereocenters. The number of esters is 1. The Balaban J connectivity index is 2.36. The van der Waals surface area contributed by atoms with Gasteiger partial charge in [0.25, 0.3) is 0 Å². The van der Waals surface area contributed by atoms with E-state index in [9.17, 15) is 4.79 Å². The molecule has 0 saturated carbocycles. The minimum absolute atomic E-state index is 0.0907. The number of hydrogen-bond acceptors (Lipinski definition) is 5. The van der Waals surface area contributed by atoms with E-state index in [-0.39, 0.29) is 17.7 Å². The monoisotopic (exact) mass is 316 g/mol. The largest absolute Gasteiger partial charge is 0.492 e. The molecule has 5 nitrogen and oxygen atoms in total. The highest BCUT2D eigenvalue weighted by Gasteiger charge is 2.07. The second-order valence-corrected chi connectivity index (χ2v) is 4.55. The van der Waals surface area contributed by atoms with Gasteiger partial charge in [0.1, 0.15) is 0 Å². The number of methoxy groups -OCH3 is 2. The summed E-state index contributed by atoms with van der Waals surface area (Å²) >= 11 is 5.77. The molecular formula is C16H13ClN2O3. The summed E-state index contributed by atoms with van der Waals surface area (Å²) in [6, 6.07) is 7.33. The van der Waals surface area contributed by atoms with Gasteiger partial charge in [-0.15, -0.1) is 0 Å². The van der Waals surface area contributed by atoms with Crippen LogP contribution in [0.4, 0.5) is 0 Å². The predicted octanol–water partition coefficient (Wildman–Crippen LogP) is 2.25. The van der Waals surface area contributed by atoms with Gasteiger partial charge in [0, 0.05) is 5.56 Å². The lowest BCUT2D eigenvalue weighted by Gasteiger charge is -2.03. The highest BCUT2D eigenvalue weighted by Crippen LogP contribution is 2.16. The molecule has 1 heterocycles. The zero-order valence-corrected chi connectivity index (χ0v) is 12.8. The summed E-state index contributed by atoms with van der Waals surface area (Å²) < 4.78 is 9.82. The van der Waals surface area contributed by atoms with Gasteiger partial charge < -0.3 is 9.47 Å². The number of carbonyl (C=O) groups is 1. The Morgan fingerprint density at radius 2 is 2.05 bits per heavy atom. The van der Waals surface area contributed by atoms with Crippen molar-refractivity contribution in [3.05, 3.63) is 52.6 Å². The summed E-state index contributed by atoms with van der Waals surface area (Å²) in [5, 5.41) is 0.0907. The molecule has 2 aromatic rings. The fourth-order valence-corrected chi connectivity index (χ4v) is 1.87. The summed E-state index contributed by atoms with van der Waals surface area (Å²) in [6.45, 7) is 0. The SMILES string of the molecule is COC(=O)Cc1ccccc1C#Cc1nc(Cl)ncc1OC. The normalized spacial score (nSPS) is 9.59. The molecule has 0 fully saturated rings. The van der Waals surface area contributed by atoms with Gasteiger partial charge in [-0.2, -0.15) is 0 Å². The van der Waals surface area contributed by atoms with Crippen molar-refractivity contribution >= 4 is 17.6 Å². The molecule has 6 heteroatoms. The van der Waals surface area contributed by atoms with Gasteiger partial charge in [-0.05, 0) is 29.2 Å². The number of halogens is 1. The van der Waals surface area contributed by atoms with Crippen LogP contribution in [-0.2, 0) is 16.0 Å². The molecule has 0 aliphatic rings. The molecule has 112 valence electrons. The van der Waals surface area contributed by atoms with Gasteiger partial charge in [0.05, 0.1) is 26.8 Å². The smallest absolute Gasteiger partial charge is 0.310 e. The zero-order chi connectivity index (χ0) is 15.9. The minimum Gasteiger partial charge on any atom is -0.492 e. The first-order valence-electron chi connectivity index (χ1n) is 6.37. The molecule has 0 aliphatic heterocycles. The third kappa shape index (κ3) is 3.96. The average molecular weight is 317 g/mol. The molecule has 0 unspecified atom stereocenters. The van der Waals surface area contributed by atoms with E-state index < -0.39 is 0 Å². The maximum atomic E-state index is 11.4. The van der Waals surface area contributed by atoms with Gasteiger partial charge in [-0.3, -0.25) is 4.79 Å². The first-order valence-corrected chi connectivity index (χ1v) is 6.75. The summed E-state index contributed by atoms with van der Waals surface area (Å²) in [6.07, 6.45) is 1.61. The standard InChI is InChI=1S/C16H13ClN2O3/c1-21-14-10-18-16(17)19-13(14)8-7-11-5-3-4-6-12(11)9-15(20)22-2/h3-6,10H,9H2,1-2H3. The molecule has 0 aliphatic carbocycles. The molecule has 2 rings (SSSR count). The number of benzene rings is 1. The third-order valence-electron chi connectivity index (χ3n) is 2.84. The van der Waals surface area contributed by atoms with E-state index >= 15 is 0 Å². The Hall–Kier alpha value is -2.58. The number of carbonyl (C=O) groups excluding carboxylic acids is 1. The van der Waals surface area contributed by atoms with E-state index in [0.29, 0.717) is 17.0 Å². The number of hydrogen-bond donors (Lipinski definition) is 0. The first-order chi connectivity index (χ1) is 10.6. The quantitative estimate of drug-likeness (QED) is 0.494. The second kappa shape index (κ2) is 7.43. The van der Waals surface area contributed by atoms with Crippen LogP contribution in [0, 0.1) is 11.8 Å². The van der Waals surface area contributed by atoms with Crippen LogP contribution in [0.2, 0.25) is 5.28 Å². The topological polar surface area (TPSA) is 61.3 Å². The summed E-state index contributed by atoms with van der Waals surface area (Å²) in [7, 11) is 2.85. The van der Waals surface area contributed by atoms with Gasteiger partial charge in [0.2, 0.25) is 5.28 Å². The van der Waals surface area contributed by atoms with E-state index in [1.807, 2.05) is 24.3 Å². The van der Waals surface area contributed by atoms with Crippen molar-refractivity contribution in [1.29, 1.82) is 0 Å². The van der Waals surface area contributed by atoms with Gasteiger partial charge in [-0.1, -0.05) is 24.1 Å². The number of aromatic nitrogens is 2. The van der Waals surface area contributed by atoms with E-state index in [2.05, 4.69) is 26.5 Å². The lowest BCUT2D eigenvalue weighted by molar-refractivity contribution is -0.139. The summed E-state index contributed by atoms with van der Waals surface area (Å²) in [4.78, 5) is 19.3. The van der Waals surface area contributed by atoms with Crippen molar-refractivity contribution in [3.8, 4) is 17.6 Å². The van der Waals surface area contributed by atoms with Crippen molar-refractivity contribution < 1.29 is 14.3 Å². The second-order valence-electron chi connectivity index (χ2n) is 4.22. The van der Waals surface area contributed by atoms with Gasteiger partial charge in [0.15, 0.2) is 11.4 Å². The Kier molecular flexibility index (Phi) is 5.34. The lowest BCUT2D eigenvalue weighted by atomic mass is 10.0. The Morgan fingerprint density at radius 3 is 2.77 bits per heavy atom. The Morgan fingerprint density at radius 1 is 1.27 bits per heavy atom. The predicted molar refractivity (Wildman–Crippen MR) is 81.7 cm³/mol. The van der Waals surface area contributed by atoms with Gasteiger partial charge >= 0.3 is 5.97 Å². The highest BCUT2D eigenvalue weighted by atomic mass is 35.5. The highest BCUT2D eigenvalue weighted by molar-refractivity contribution is 6.28. The summed E-state index contributed by atoms with van der Waals surface area (Å²) in [5.41, 5.74) is 1.88. The fraction of sp³-hybridized carbons (Fsp3) is 0.188. The lowest BCUT2D eigenvalue weighted by Crippen LogP contribution is -2.05. The molecule has 1 aromatic carbocycles. The molecule has 0 spiro atoms. The molecular weight excluding hydrogens is 304 g/mol. The number of ether oxygens (including phenoxy) is 2. The van der Waals surface area contributed by atoms with E-state index in [4.69, 9.17) is 16.3 Å². The van der Waals surface area contributed by atoms with Crippen LogP contribution in [0.5, 0.6) is 5.75 Å². The Bertz CT molecular complexity index is 751. The Labute approximate surface area is 133 Å². The fourth-order valence-electron chi connectivity index (χ4n) is 1.74. The van der Waals surface area contributed by atoms with Crippen molar-refractivity contribution in [1.82, 2.24) is 9.97 Å². The van der Waals surface area contributed by atoms with Gasteiger partial charge in [-0.25, -0.2) is 9.97 Å². The van der Waals surface area contributed by atoms with E-state index in [1.165, 1.54) is 20.4 Å². The van der Waals surface area contributed by atoms with E-state index in [1.54, 1.807) is 0 Å². The number of nitrogens with zero attached hydrogens (tertiary/aromatic N) is 2. The molecule has 0 N–H and O–H groups in total.